The summed E-state index contributed by atoms with van der Waals surface area (Å²) in [5.74, 6) is -1.17. The number of nitrogens with zero attached hydrogens (tertiary/aromatic N) is 2. The Bertz CT molecular complexity index is 1140. The van der Waals surface area contributed by atoms with Gasteiger partial charge in [0.15, 0.2) is 0 Å². The van der Waals surface area contributed by atoms with Crippen molar-refractivity contribution in [2.24, 2.45) is 5.41 Å². The van der Waals surface area contributed by atoms with Gasteiger partial charge in [-0.1, -0.05) is 57.2 Å². The quantitative estimate of drug-likeness (QED) is 0.606. The van der Waals surface area contributed by atoms with Crippen LogP contribution in [0, 0.1) is 17.0 Å². The Morgan fingerprint density at radius 2 is 1.78 bits per heavy atom. The Kier molecular flexibility index (Phi) is 8.39. The second-order valence-electron chi connectivity index (χ2n) is 10.6. The van der Waals surface area contributed by atoms with Crippen LogP contribution in [0.4, 0.5) is 8.78 Å². The fourth-order valence-electron chi connectivity index (χ4n) is 4.90. The number of nitrogens with one attached hydrogen (secondary N) is 1. The molecule has 2 heterocycles. The third-order valence-electron chi connectivity index (χ3n) is 6.90. The third-order valence-corrected chi connectivity index (χ3v) is 6.90. The van der Waals surface area contributed by atoms with Crippen LogP contribution in [-0.4, -0.2) is 67.0 Å². The molecule has 0 aliphatic carbocycles. The van der Waals surface area contributed by atoms with E-state index in [0.717, 1.165) is 17.7 Å². The molecule has 1 saturated heterocycles. The number of carbonyl (C=O) groups is 2. The maximum Gasteiger partial charge on any atom is 0.241 e. The Morgan fingerprint density at radius 3 is 2.46 bits per heavy atom. The summed E-state index contributed by atoms with van der Waals surface area (Å²) in [5.41, 5.74) is 1.16. The lowest BCUT2D eigenvalue weighted by atomic mass is 9.85. The van der Waals surface area contributed by atoms with Gasteiger partial charge in [-0.2, -0.15) is 0 Å². The van der Waals surface area contributed by atoms with Gasteiger partial charge in [0.05, 0.1) is 25.3 Å². The van der Waals surface area contributed by atoms with Crippen molar-refractivity contribution in [1.29, 1.82) is 0 Å². The number of morpholine rings is 1. The smallest absolute Gasteiger partial charge is 0.241 e. The van der Waals surface area contributed by atoms with E-state index in [1.807, 2.05) is 57.2 Å². The summed E-state index contributed by atoms with van der Waals surface area (Å²) in [7, 11) is 0. The van der Waals surface area contributed by atoms with E-state index in [2.05, 4.69) is 5.32 Å². The largest absolute Gasteiger partial charge is 0.378 e. The van der Waals surface area contributed by atoms with Crippen molar-refractivity contribution in [3.63, 3.8) is 0 Å². The van der Waals surface area contributed by atoms with Crippen LogP contribution in [0.3, 0.4) is 0 Å². The molecule has 4 rings (SSSR count). The second kappa shape index (κ2) is 11.5. The molecule has 2 atom stereocenters. The minimum Gasteiger partial charge on any atom is -0.378 e. The summed E-state index contributed by atoms with van der Waals surface area (Å²) in [4.78, 5) is 30.1. The predicted molar refractivity (Wildman–Crippen MR) is 138 cm³/mol. The standard InChI is InChI=1S/C29H35F2N3O3/c1-29(2,3)27(32-12-11-26(35)33-13-15-37-16-14-33)28(36)34-19-21(23-18-22(30)9-10-24(23)31)17-25(34)20-7-5-4-6-8-20/h4-10,17-18,25,27,32H,11-16,19H2,1-3H3/t25-,27+/m0/s1. The lowest BCUT2D eigenvalue weighted by molar-refractivity contribution is -0.138. The van der Waals surface area contributed by atoms with Gasteiger partial charge in [0.2, 0.25) is 11.8 Å². The summed E-state index contributed by atoms with van der Waals surface area (Å²) in [5, 5.41) is 3.33. The van der Waals surface area contributed by atoms with Gasteiger partial charge in [0.1, 0.15) is 11.6 Å². The molecule has 2 aromatic rings. The van der Waals surface area contributed by atoms with Gasteiger partial charge in [-0.05, 0) is 34.8 Å². The number of rotatable bonds is 7. The highest BCUT2D eigenvalue weighted by Crippen LogP contribution is 2.37. The van der Waals surface area contributed by atoms with E-state index in [1.165, 1.54) is 6.07 Å². The van der Waals surface area contributed by atoms with Gasteiger partial charge in [-0.3, -0.25) is 9.59 Å². The topological polar surface area (TPSA) is 61.9 Å². The summed E-state index contributed by atoms with van der Waals surface area (Å²) >= 11 is 0. The Hall–Kier alpha value is -3.10. The highest BCUT2D eigenvalue weighted by molar-refractivity contribution is 5.87. The number of ether oxygens (including phenoxy) is 1. The van der Waals surface area contributed by atoms with Gasteiger partial charge < -0.3 is 19.9 Å². The van der Waals surface area contributed by atoms with Crippen LogP contribution in [0.5, 0.6) is 0 Å². The summed E-state index contributed by atoms with van der Waals surface area (Å²) < 4.78 is 34.0. The second-order valence-corrected chi connectivity index (χ2v) is 10.6. The van der Waals surface area contributed by atoms with E-state index in [-0.39, 0.29) is 30.3 Å². The molecule has 0 bridgehead atoms. The SMILES string of the molecule is CC(C)(C)[C@H](NCCC(=O)N1CCOCC1)C(=O)N1CC(c2cc(F)ccc2F)=C[C@H]1c1ccccc1. The van der Waals surface area contributed by atoms with Crippen LogP contribution in [0.25, 0.3) is 5.57 Å². The summed E-state index contributed by atoms with van der Waals surface area (Å²) in [6.45, 7) is 8.67. The van der Waals surface area contributed by atoms with Crippen molar-refractivity contribution in [3.05, 3.63) is 77.4 Å². The molecule has 37 heavy (non-hydrogen) atoms. The summed E-state index contributed by atoms with van der Waals surface area (Å²) in [6, 6.07) is 11.9. The first kappa shape index (κ1) is 26.9. The number of amides is 2. The van der Waals surface area contributed by atoms with Crippen molar-refractivity contribution < 1.29 is 23.1 Å². The van der Waals surface area contributed by atoms with E-state index in [4.69, 9.17) is 4.74 Å². The van der Waals surface area contributed by atoms with Gasteiger partial charge in [-0.15, -0.1) is 0 Å². The molecule has 1 N–H and O–H groups in total. The molecule has 198 valence electrons. The van der Waals surface area contributed by atoms with Crippen LogP contribution >= 0.6 is 0 Å². The van der Waals surface area contributed by atoms with Crippen LogP contribution in [0.2, 0.25) is 0 Å². The lowest BCUT2D eigenvalue weighted by Gasteiger charge is -2.36. The van der Waals surface area contributed by atoms with Crippen LogP contribution in [0.15, 0.2) is 54.6 Å². The molecule has 8 heteroatoms. The zero-order valence-corrected chi connectivity index (χ0v) is 21.7. The first-order valence-electron chi connectivity index (χ1n) is 12.8. The first-order valence-corrected chi connectivity index (χ1v) is 12.8. The van der Waals surface area contributed by atoms with Crippen molar-refractivity contribution in [2.45, 2.75) is 39.3 Å². The Labute approximate surface area is 217 Å². The molecule has 2 aromatic carbocycles. The van der Waals surface area contributed by atoms with Crippen molar-refractivity contribution in [2.75, 3.05) is 39.4 Å². The van der Waals surface area contributed by atoms with Crippen molar-refractivity contribution >= 4 is 17.4 Å². The molecular weight excluding hydrogens is 476 g/mol. The summed E-state index contributed by atoms with van der Waals surface area (Å²) in [6.07, 6.45) is 2.12. The molecule has 2 aliphatic heterocycles. The van der Waals surface area contributed by atoms with Crippen molar-refractivity contribution in [3.8, 4) is 0 Å². The normalized spacial score (nSPS) is 19.1. The van der Waals surface area contributed by atoms with Gasteiger partial charge in [0, 0.05) is 38.2 Å². The highest BCUT2D eigenvalue weighted by Gasteiger charge is 2.39. The van der Waals surface area contributed by atoms with E-state index in [9.17, 15) is 18.4 Å². The molecule has 0 unspecified atom stereocenters. The van der Waals surface area contributed by atoms with Crippen LogP contribution in [0.1, 0.15) is 44.4 Å². The third kappa shape index (κ3) is 6.43. The van der Waals surface area contributed by atoms with E-state index < -0.39 is 29.1 Å². The molecule has 0 radical (unpaired) electrons. The van der Waals surface area contributed by atoms with Crippen LogP contribution < -0.4 is 5.32 Å². The molecule has 2 aliphatic rings. The lowest BCUT2D eigenvalue weighted by Crippen LogP contribution is -2.53. The minimum absolute atomic E-state index is 0.0322. The molecule has 2 amide bonds. The Morgan fingerprint density at radius 1 is 1.08 bits per heavy atom. The van der Waals surface area contributed by atoms with E-state index >= 15 is 0 Å². The average Bonchev–Trinajstić information content (AvgIpc) is 3.33. The molecule has 1 fully saturated rings. The number of carbonyl (C=O) groups excluding carboxylic acids is 2. The molecule has 0 saturated carbocycles. The van der Waals surface area contributed by atoms with E-state index in [1.54, 1.807) is 9.80 Å². The predicted octanol–water partition coefficient (Wildman–Crippen LogP) is 4.18. The van der Waals surface area contributed by atoms with Crippen molar-refractivity contribution in [1.82, 2.24) is 15.1 Å². The maximum atomic E-state index is 14.7. The van der Waals surface area contributed by atoms with E-state index in [0.29, 0.717) is 38.4 Å². The average molecular weight is 512 g/mol. The fraction of sp³-hybridized carbons (Fsp3) is 0.448. The molecule has 0 spiro atoms. The maximum absolute atomic E-state index is 14.7. The molecule has 6 nitrogen and oxygen atoms in total. The number of hydrogen-bond acceptors (Lipinski definition) is 4. The minimum atomic E-state index is -0.582. The van der Waals surface area contributed by atoms with Gasteiger partial charge in [0.25, 0.3) is 0 Å². The number of halogens is 2. The zero-order valence-electron chi connectivity index (χ0n) is 21.7. The number of benzene rings is 2. The van der Waals surface area contributed by atoms with Gasteiger partial charge >= 0.3 is 0 Å². The van der Waals surface area contributed by atoms with Crippen LogP contribution in [-0.2, 0) is 14.3 Å². The van der Waals surface area contributed by atoms with Gasteiger partial charge in [-0.25, -0.2) is 8.78 Å². The zero-order chi connectivity index (χ0) is 26.6. The molecular formula is C29H35F2N3O3. The number of hydrogen-bond donors (Lipinski definition) is 1. The Balaban J connectivity index is 1.54. The molecule has 0 aromatic heterocycles. The fourth-order valence-corrected chi connectivity index (χ4v) is 4.90. The first-order chi connectivity index (χ1) is 17.6. The monoisotopic (exact) mass is 511 g/mol. The highest BCUT2D eigenvalue weighted by atomic mass is 19.1.